The van der Waals surface area contributed by atoms with Crippen LogP contribution < -0.4 is 20.1 Å². The number of urea groups is 1. The number of benzene rings is 2. The average Bonchev–Trinajstić information content (AvgIpc) is 3.21. The normalized spacial score (nSPS) is 17.3. The minimum absolute atomic E-state index is 0.0714. The number of carbonyl (C=O) groups is 3. The van der Waals surface area contributed by atoms with Gasteiger partial charge in [-0.05, 0) is 30.7 Å². The highest BCUT2D eigenvalue weighted by atomic mass is 16.5. The highest BCUT2D eigenvalue weighted by Gasteiger charge is 2.43. The van der Waals surface area contributed by atoms with Gasteiger partial charge in [-0.15, -0.1) is 0 Å². The van der Waals surface area contributed by atoms with E-state index in [1.165, 1.54) is 4.90 Å². The lowest BCUT2D eigenvalue weighted by Gasteiger charge is -2.33. The summed E-state index contributed by atoms with van der Waals surface area (Å²) < 4.78 is 16.1. The van der Waals surface area contributed by atoms with Crippen molar-refractivity contribution >= 4 is 17.9 Å². The summed E-state index contributed by atoms with van der Waals surface area (Å²) >= 11 is 0. The van der Waals surface area contributed by atoms with Gasteiger partial charge in [0.25, 0.3) is 0 Å². The summed E-state index contributed by atoms with van der Waals surface area (Å²) in [4.78, 5) is 39.4. The number of nitrogens with one attached hydrogen (secondary N) is 2. The Morgan fingerprint density at radius 2 is 2.03 bits per heavy atom. The van der Waals surface area contributed by atoms with Gasteiger partial charge in [0, 0.05) is 12.1 Å². The van der Waals surface area contributed by atoms with Crippen molar-refractivity contribution in [3.05, 3.63) is 70.9 Å². The summed E-state index contributed by atoms with van der Waals surface area (Å²) in [6, 6.07) is 13.3. The molecule has 0 saturated heterocycles. The van der Waals surface area contributed by atoms with Crippen molar-refractivity contribution in [2.24, 2.45) is 0 Å². The number of esters is 1. The van der Waals surface area contributed by atoms with Gasteiger partial charge >= 0.3 is 12.0 Å². The second-order valence-corrected chi connectivity index (χ2v) is 7.50. The summed E-state index contributed by atoms with van der Waals surface area (Å²) in [5, 5.41) is 5.62. The Morgan fingerprint density at radius 3 is 2.82 bits per heavy atom. The quantitative estimate of drug-likeness (QED) is 0.597. The number of hydrogen-bond donors (Lipinski definition) is 2. The lowest BCUT2D eigenvalue weighted by Crippen LogP contribution is -2.50. The van der Waals surface area contributed by atoms with Crippen LogP contribution >= 0.6 is 0 Å². The van der Waals surface area contributed by atoms with Gasteiger partial charge in [0.1, 0.15) is 24.7 Å². The van der Waals surface area contributed by atoms with Crippen LogP contribution in [-0.2, 0) is 20.9 Å². The molecule has 0 radical (unpaired) electrons. The van der Waals surface area contributed by atoms with Crippen LogP contribution in [0.15, 0.2) is 59.8 Å². The largest absolute Gasteiger partial charge is 0.497 e. The Labute approximate surface area is 191 Å². The fraction of sp³-hybridized carbons (Fsp3) is 0.292. The topological polar surface area (TPSA) is 106 Å². The van der Waals surface area contributed by atoms with E-state index in [2.05, 4.69) is 10.6 Å². The van der Waals surface area contributed by atoms with Crippen molar-refractivity contribution in [1.29, 1.82) is 0 Å². The summed E-state index contributed by atoms with van der Waals surface area (Å²) in [6.07, 6.45) is 0. The van der Waals surface area contributed by atoms with Gasteiger partial charge in [-0.25, -0.2) is 9.59 Å². The second kappa shape index (κ2) is 9.64. The van der Waals surface area contributed by atoms with E-state index in [-0.39, 0.29) is 25.6 Å². The smallest absolute Gasteiger partial charge is 0.338 e. The maximum Gasteiger partial charge on any atom is 0.338 e. The summed E-state index contributed by atoms with van der Waals surface area (Å²) in [5.41, 5.74) is 2.21. The molecule has 9 nitrogen and oxygen atoms in total. The fourth-order valence-electron chi connectivity index (χ4n) is 3.90. The van der Waals surface area contributed by atoms with Crippen LogP contribution in [0.1, 0.15) is 24.1 Å². The van der Waals surface area contributed by atoms with Crippen LogP contribution in [0.25, 0.3) is 0 Å². The van der Waals surface area contributed by atoms with Gasteiger partial charge in [-0.1, -0.05) is 30.3 Å². The number of rotatable bonds is 8. The zero-order valence-electron chi connectivity index (χ0n) is 18.4. The third kappa shape index (κ3) is 4.62. The predicted octanol–water partition coefficient (Wildman–Crippen LogP) is 2.29. The first kappa shape index (κ1) is 22.2. The molecule has 2 heterocycles. The first-order valence-electron chi connectivity index (χ1n) is 10.6. The third-order valence-electron chi connectivity index (χ3n) is 5.45. The van der Waals surface area contributed by atoms with Crippen molar-refractivity contribution in [3.8, 4) is 11.5 Å². The molecule has 2 aromatic carbocycles. The molecule has 0 bridgehead atoms. The molecule has 33 heavy (non-hydrogen) atoms. The summed E-state index contributed by atoms with van der Waals surface area (Å²) in [7, 11) is 1.57. The first-order chi connectivity index (χ1) is 16.0. The Kier molecular flexibility index (Phi) is 6.48. The van der Waals surface area contributed by atoms with Crippen molar-refractivity contribution in [1.82, 2.24) is 15.5 Å². The van der Waals surface area contributed by atoms with Crippen molar-refractivity contribution < 1.29 is 28.6 Å². The Hall–Kier alpha value is -4.01. The molecule has 172 valence electrons. The number of cyclic esters (lactones) is 1. The molecule has 9 heteroatoms. The molecule has 3 amide bonds. The van der Waals surface area contributed by atoms with Gasteiger partial charge < -0.3 is 24.8 Å². The molecule has 2 aromatic rings. The van der Waals surface area contributed by atoms with Crippen LogP contribution in [0, 0.1) is 0 Å². The van der Waals surface area contributed by atoms with E-state index in [9.17, 15) is 14.4 Å². The number of para-hydroxylation sites is 1. The maximum atomic E-state index is 13.0. The monoisotopic (exact) mass is 451 g/mol. The zero-order chi connectivity index (χ0) is 23.4. The van der Waals surface area contributed by atoms with Crippen LogP contribution in [0.5, 0.6) is 11.5 Å². The van der Waals surface area contributed by atoms with Crippen LogP contribution in [0.3, 0.4) is 0 Å². The van der Waals surface area contributed by atoms with Gasteiger partial charge in [0.05, 0.1) is 31.0 Å². The number of hydrogen-bond acceptors (Lipinski definition) is 6. The molecule has 2 N–H and O–H groups in total. The van der Waals surface area contributed by atoms with Crippen LogP contribution in [-0.4, -0.2) is 49.7 Å². The van der Waals surface area contributed by atoms with E-state index < -0.39 is 18.0 Å². The number of methoxy groups -OCH3 is 1. The molecule has 4 rings (SSSR count). The van der Waals surface area contributed by atoms with Gasteiger partial charge in [0.2, 0.25) is 5.91 Å². The molecular formula is C24H25N3O6. The van der Waals surface area contributed by atoms with Gasteiger partial charge in [-0.2, -0.15) is 0 Å². The second-order valence-electron chi connectivity index (χ2n) is 7.50. The number of nitrogens with zero attached hydrogens (tertiary/aromatic N) is 1. The van der Waals surface area contributed by atoms with Crippen molar-refractivity contribution in [2.45, 2.75) is 19.5 Å². The van der Waals surface area contributed by atoms with E-state index in [1.54, 1.807) is 19.2 Å². The zero-order valence-corrected chi connectivity index (χ0v) is 18.4. The first-order valence-corrected chi connectivity index (χ1v) is 10.6. The number of amides is 3. The van der Waals surface area contributed by atoms with E-state index in [0.29, 0.717) is 34.9 Å². The molecule has 0 unspecified atom stereocenters. The van der Waals surface area contributed by atoms with E-state index in [1.807, 2.05) is 43.3 Å². The van der Waals surface area contributed by atoms with Gasteiger partial charge in [-0.3, -0.25) is 9.69 Å². The molecule has 0 aromatic heterocycles. The minimum Gasteiger partial charge on any atom is -0.497 e. The molecule has 0 aliphatic carbocycles. The Balaban J connectivity index is 1.53. The predicted molar refractivity (Wildman–Crippen MR) is 118 cm³/mol. The molecule has 2 aliphatic rings. The number of ether oxygens (including phenoxy) is 3. The highest BCUT2D eigenvalue weighted by Crippen LogP contribution is 2.38. The lowest BCUT2D eigenvalue weighted by molar-refractivity contribution is -0.136. The van der Waals surface area contributed by atoms with E-state index in [0.717, 1.165) is 5.56 Å². The maximum absolute atomic E-state index is 13.0. The summed E-state index contributed by atoms with van der Waals surface area (Å²) in [5.74, 6) is 0.365. The summed E-state index contributed by atoms with van der Waals surface area (Å²) in [6.45, 7) is 2.25. The number of carbonyl (C=O) groups excluding carboxylic acids is 3. The Morgan fingerprint density at radius 1 is 1.21 bits per heavy atom. The highest BCUT2D eigenvalue weighted by molar-refractivity contribution is 5.98. The van der Waals surface area contributed by atoms with Crippen molar-refractivity contribution in [2.75, 3.05) is 26.9 Å². The van der Waals surface area contributed by atoms with Crippen LogP contribution in [0.4, 0.5) is 4.79 Å². The molecule has 0 saturated carbocycles. The standard InChI is InChI=1S/C24H25N3O6/c1-3-32-19-10-5-4-9-17(19)22-21-18(14-33-23(21)29)27(24(30)26-22)13-20(28)25-12-15-7-6-8-16(11-15)31-2/h4-11,22H,3,12-14H2,1-2H3,(H,25,28)(H,26,30)/t22-/m1/s1. The molecule has 0 spiro atoms. The van der Waals surface area contributed by atoms with Crippen LogP contribution in [0.2, 0.25) is 0 Å². The van der Waals surface area contributed by atoms with E-state index in [4.69, 9.17) is 14.2 Å². The average molecular weight is 451 g/mol. The molecule has 0 fully saturated rings. The molecule has 2 aliphatic heterocycles. The van der Waals surface area contributed by atoms with Gasteiger partial charge in [0.15, 0.2) is 0 Å². The SMILES string of the molecule is CCOc1ccccc1[C@H]1NC(=O)N(CC(=O)NCc2cccc(OC)c2)C2=C1C(=O)OC2. The minimum atomic E-state index is -0.721. The fourth-order valence-corrected chi connectivity index (χ4v) is 3.90. The third-order valence-corrected chi connectivity index (χ3v) is 5.45. The lowest BCUT2D eigenvalue weighted by atomic mass is 9.95. The molecule has 1 atom stereocenters. The Bertz CT molecular complexity index is 1110. The van der Waals surface area contributed by atoms with E-state index >= 15 is 0 Å². The van der Waals surface area contributed by atoms with Crippen molar-refractivity contribution in [3.63, 3.8) is 0 Å². The molecular weight excluding hydrogens is 426 g/mol.